The van der Waals surface area contributed by atoms with Gasteiger partial charge in [0.25, 0.3) is 5.91 Å². The molecule has 1 fully saturated rings. The summed E-state index contributed by atoms with van der Waals surface area (Å²) in [5.41, 5.74) is 7.11. The van der Waals surface area contributed by atoms with Crippen molar-refractivity contribution in [2.45, 2.75) is 76.7 Å². The number of hydrogen-bond acceptors (Lipinski definition) is 4. The molecule has 2 aromatic carbocycles. The molecule has 9 heteroatoms. The lowest BCUT2D eigenvalue weighted by Gasteiger charge is -2.22. The largest absolute Gasteiger partial charge is 0.416 e. The zero-order valence-electron chi connectivity index (χ0n) is 22.0. The molecule has 1 heterocycles. The Morgan fingerprint density at radius 2 is 1.82 bits per heavy atom. The van der Waals surface area contributed by atoms with E-state index in [1.54, 1.807) is 0 Å². The summed E-state index contributed by atoms with van der Waals surface area (Å²) in [6, 6.07) is 12.0. The first-order valence-electron chi connectivity index (χ1n) is 13.5. The molecule has 2 atom stereocenters. The van der Waals surface area contributed by atoms with E-state index in [4.69, 9.17) is 5.73 Å². The molecular weight excluding hydrogens is 493 g/mol. The number of amides is 2. The second kappa shape index (κ2) is 14.3. The third kappa shape index (κ3) is 9.13. The fourth-order valence-electron chi connectivity index (χ4n) is 4.69. The van der Waals surface area contributed by atoms with Crippen LogP contribution in [0.5, 0.6) is 0 Å². The van der Waals surface area contributed by atoms with Gasteiger partial charge < -0.3 is 16.4 Å². The Kier molecular flexibility index (Phi) is 11.2. The molecular formula is C29H39F3N4O2. The van der Waals surface area contributed by atoms with Crippen LogP contribution in [0.15, 0.2) is 48.5 Å². The fraction of sp³-hybridized carbons (Fsp3) is 0.517. The molecule has 2 amide bonds. The number of nitrogens with two attached hydrogens (primary N) is 1. The Morgan fingerprint density at radius 3 is 2.50 bits per heavy atom. The number of aryl methyl sites for hydroxylation is 1. The zero-order valence-corrected chi connectivity index (χ0v) is 22.0. The molecule has 1 saturated heterocycles. The smallest absolute Gasteiger partial charge is 0.350 e. The summed E-state index contributed by atoms with van der Waals surface area (Å²) in [7, 11) is 0. The minimum atomic E-state index is -4.56. The average molecular weight is 533 g/mol. The van der Waals surface area contributed by atoms with Gasteiger partial charge in [0.2, 0.25) is 5.91 Å². The normalized spacial score (nSPS) is 16.8. The summed E-state index contributed by atoms with van der Waals surface area (Å²) in [5.74, 6) is -1.03. The summed E-state index contributed by atoms with van der Waals surface area (Å²) < 4.78 is 39.2. The molecule has 0 bridgehead atoms. The van der Waals surface area contributed by atoms with Crippen molar-refractivity contribution in [2.24, 2.45) is 5.73 Å². The first-order chi connectivity index (χ1) is 18.2. The van der Waals surface area contributed by atoms with Gasteiger partial charge in [-0.25, -0.2) is 0 Å². The van der Waals surface area contributed by atoms with Gasteiger partial charge in [-0.15, -0.1) is 0 Å². The number of halogens is 3. The van der Waals surface area contributed by atoms with Crippen molar-refractivity contribution in [2.75, 3.05) is 19.6 Å². The quantitative estimate of drug-likeness (QED) is 0.328. The molecule has 4 N–H and O–H groups in total. The van der Waals surface area contributed by atoms with Crippen molar-refractivity contribution < 1.29 is 22.8 Å². The van der Waals surface area contributed by atoms with Crippen LogP contribution in [0.2, 0.25) is 0 Å². The fourth-order valence-corrected chi connectivity index (χ4v) is 4.69. The molecule has 0 aromatic heterocycles. The molecule has 6 nitrogen and oxygen atoms in total. The predicted molar refractivity (Wildman–Crippen MR) is 142 cm³/mol. The molecule has 1 aliphatic rings. The SMILES string of the molecule is CCCCc1ccc(CN2CC[C@@H](NC(=O)[C@H](CCCCN)NC(=O)c3cccc(C(F)(F)F)c3)C2)cc1. The topological polar surface area (TPSA) is 87.5 Å². The lowest BCUT2D eigenvalue weighted by molar-refractivity contribution is -0.137. The van der Waals surface area contributed by atoms with Gasteiger partial charge in [0.05, 0.1) is 5.56 Å². The monoisotopic (exact) mass is 532 g/mol. The van der Waals surface area contributed by atoms with Gasteiger partial charge in [0.15, 0.2) is 0 Å². The molecule has 0 radical (unpaired) electrons. The minimum Gasteiger partial charge on any atom is -0.350 e. The Hall–Kier alpha value is -2.91. The average Bonchev–Trinajstić information content (AvgIpc) is 3.33. The van der Waals surface area contributed by atoms with Crippen LogP contribution in [-0.4, -0.2) is 48.4 Å². The zero-order chi connectivity index (χ0) is 27.5. The molecule has 3 rings (SSSR count). The Bertz CT molecular complexity index is 1040. The number of alkyl halides is 3. The Balaban J connectivity index is 1.56. The van der Waals surface area contributed by atoms with Gasteiger partial charge in [-0.05, 0) is 74.4 Å². The molecule has 2 aromatic rings. The van der Waals surface area contributed by atoms with E-state index in [1.807, 2.05) is 0 Å². The number of benzene rings is 2. The second-order valence-corrected chi connectivity index (χ2v) is 10.0. The van der Waals surface area contributed by atoms with E-state index in [1.165, 1.54) is 36.1 Å². The van der Waals surface area contributed by atoms with E-state index < -0.39 is 23.7 Å². The summed E-state index contributed by atoms with van der Waals surface area (Å²) in [5, 5.41) is 5.68. The number of likely N-dealkylation sites (tertiary alicyclic amines) is 1. The van der Waals surface area contributed by atoms with Gasteiger partial charge in [0.1, 0.15) is 6.04 Å². The third-order valence-corrected chi connectivity index (χ3v) is 6.89. The van der Waals surface area contributed by atoms with Crippen LogP contribution in [0.4, 0.5) is 13.2 Å². The highest BCUT2D eigenvalue weighted by molar-refractivity contribution is 5.97. The van der Waals surface area contributed by atoms with Crippen LogP contribution in [0.25, 0.3) is 0 Å². The maximum atomic E-state index is 13.1. The standard InChI is InChI=1S/C29H39F3N4O2/c1-2-3-7-21-11-13-22(14-12-21)19-36-17-15-25(20-36)34-28(38)26(10-4-5-16-33)35-27(37)23-8-6-9-24(18-23)29(30,31)32/h6,8-9,11-14,18,25-26H,2-5,7,10,15-17,19-20,33H2,1H3,(H,34,38)(H,35,37)/t25-,26+/m1/s1. The van der Waals surface area contributed by atoms with Crippen LogP contribution in [0.3, 0.4) is 0 Å². The first-order valence-corrected chi connectivity index (χ1v) is 13.5. The van der Waals surface area contributed by atoms with Gasteiger partial charge >= 0.3 is 6.18 Å². The summed E-state index contributed by atoms with van der Waals surface area (Å²) >= 11 is 0. The number of rotatable bonds is 13. The van der Waals surface area contributed by atoms with Crippen molar-refractivity contribution in [3.8, 4) is 0 Å². The van der Waals surface area contributed by atoms with E-state index >= 15 is 0 Å². The van der Waals surface area contributed by atoms with Gasteiger partial charge in [0, 0.05) is 31.2 Å². The first kappa shape index (κ1) is 29.6. The van der Waals surface area contributed by atoms with Crippen molar-refractivity contribution in [1.29, 1.82) is 0 Å². The van der Waals surface area contributed by atoms with Crippen LogP contribution in [0, 0.1) is 0 Å². The van der Waals surface area contributed by atoms with Crippen molar-refractivity contribution in [3.63, 3.8) is 0 Å². The van der Waals surface area contributed by atoms with Gasteiger partial charge in [-0.2, -0.15) is 13.2 Å². The highest BCUT2D eigenvalue weighted by Gasteiger charge is 2.32. The molecule has 208 valence electrons. The number of carbonyl (C=O) groups is 2. The van der Waals surface area contributed by atoms with Crippen molar-refractivity contribution >= 4 is 11.8 Å². The minimum absolute atomic E-state index is 0.0613. The number of hydrogen-bond donors (Lipinski definition) is 3. The van der Waals surface area contributed by atoms with E-state index in [9.17, 15) is 22.8 Å². The third-order valence-electron chi connectivity index (χ3n) is 6.89. The van der Waals surface area contributed by atoms with E-state index in [-0.39, 0.29) is 17.5 Å². The molecule has 0 aliphatic carbocycles. The molecule has 0 saturated carbocycles. The number of nitrogens with zero attached hydrogens (tertiary/aromatic N) is 1. The maximum absolute atomic E-state index is 13.1. The van der Waals surface area contributed by atoms with Crippen molar-refractivity contribution in [1.82, 2.24) is 15.5 Å². The van der Waals surface area contributed by atoms with E-state index in [0.717, 1.165) is 38.1 Å². The summed E-state index contributed by atoms with van der Waals surface area (Å²) in [4.78, 5) is 28.2. The van der Waals surface area contributed by atoms with Crippen LogP contribution in [0.1, 0.15) is 72.5 Å². The Morgan fingerprint density at radius 1 is 1.08 bits per heavy atom. The van der Waals surface area contributed by atoms with Gasteiger partial charge in [-0.3, -0.25) is 14.5 Å². The van der Waals surface area contributed by atoms with Crippen LogP contribution < -0.4 is 16.4 Å². The molecule has 1 aliphatic heterocycles. The summed E-state index contributed by atoms with van der Waals surface area (Å²) in [6.45, 7) is 4.97. The molecule has 0 unspecified atom stereocenters. The van der Waals surface area contributed by atoms with Crippen LogP contribution >= 0.6 is 0 Å². The van der Waals surface area contributed by atoms with Crippen LogP contribution in [-0.2, 0) is 23.9 Å². The highest BCUT2D eigenvalue weighted by Crippen LogP contribution is 2.29. The number of carbonyl (C=O) groups excluding carboxylic acids is 2. The number of unbranched alkanes of at least 4 members (excludes halogenated alkanes) is 2. The lowest BCUT2D eigenvalue weighted by Crippen LogP contribution is -2.50. The lowest BCUT2D eigenvalue weighted by atomic mass is 10.1. The molecule has 38 heavy (non-hydrogen) atoms. The maximum Gasteiger partial charge on any atom is 0.416 e. The highest BCUT2D eigenvalue weighted by atomic mass is 19.4. The number of nitrogens with one attached hydrogen (secondary N) is 2. The van der Waals surface area contributed by atoms with Gasteiger partial charge in [-0.1, -0.05) is 43.7 Å². The summed E-state index contributed by atoms with van der Waals surface area (Å²) in [6.07, 6.45) is 1.32. The molecule has 0 spiro atoms. The van der Waals surface area contributed by atoms with E-state index in [2.05, 4.69) is 46.7 Å². The van der Waals surface area contributed by atoms with Crippen molar-refractivity contribution in [3.05, 3.63) is 70.8 Å². The second-order valence-electron chi connectivity index (χ2n) is 10.0. The predicted octanol–water partition coefficient (Wildman–Crippen LogP) is 4.67. The Labute approximate surface area is 223 Å². The van der Waals surface area contributed by atoms with E-state index in [0.29, 0.717) is 32.4 Å².